The average Bonchev–Trinajstić information content (AvgIpc) is 2.40. The van der Waals surface area contributed by atoms with Crippen LogP contribution >= 0.6 is 11.6 Å². The Hall–Kier alpha value is -1.74. The van der Waals surface area contributed by atoms with Gasteiger partial charge >= 0.3 is 0 Å². The first kappa shape index (κ1) is 12.7. The predicted octanol–water partition coefficient (Wildman–Crippen LogP) is 3.49. The molecule has 0 amide bonds. The molecule has 1 aromatic heterocycles. The molecule has 0 aliphatic heterocycles. The number of nitrogens with two attached hydrogens (primary N) is 1. The molecule has 0 spiro atoms. The third-order valence-corrected chi connectivity index (χ3v) is 3.06. The van der Waals surface area contributed by atoms with Crippen molar-refractivity contribution >= 4 is 23.0 Å². The molecule has 0 aliphatic rings. The molecular formula is C14H16ClN3. The summed E-state index contributed by atoms with van der Waals surface area (Å²) in [6.45, 7) is 2.77. The molecule has 3 nitrogen and oxygen atoms in total. The zero-order valence-electron chi connectivity index (χ0n) is 10.3. The van der Waals surface area contributed by atoms with E-state index in [4.69, 9.17) is 17.3 Å². The maximum atomic E-state index is 5.95. The van der Waals surface area contributed by atoms with Gasteiger partial charge in [-0.3, -0.25) is 4.98 Å². The molecule has 0 aliphatic carbocycles. The summed E-state index contributed by atoms with van der Waals surface area (Å²) in [5, 5.41) is 3.94. The van der Waals surface area contributed by atoms with Gasteiger partial charge in [-0.05, 0) is 36.2 Å². The van der Waals surface area contributed by atoms with E-state index in [1.165, 1.54) is 5.56 Å². The Morgan fingerprint density at radius 3 is 2.94 bits per heavy atom. The quantitative estimate of drug-likeness (QED) is 0.829. The lowest BCUT2D eigenvalue weighted by Crippen LogP contribution is -2.06. The van der Waals surface area contributed by atoms with Crippen molar-refractivity contribution in [2.75, 3.05) is 11.1 Å². The molecule has 4 heteroatoms. The highest BCUT2D eigenvalue weighted by Gasteiger charge is 2.03. The van der Waals surface area contributed by atoms with Crippen LogP contribution in [0, 0.1) is 0 Å². The topological polar surface area (TPSA) is 50.9 Å². The Balaban J connectivity index is 2.14. The van der Waals surface area contributed by atoms with Crippen LogP contribution < -0.4 is 11.1 Å². The number of hydrogen-bond donors (Lipinski definition) is 2. The van der Waals surface area contributed by atoms with Crippen LogP contribution in [0.1, 0.15) is 18.2 Å². The second kappa shape index (κ2) is 5.74. The van der Waals surface area contributed by atoms with E-state index in [-0.39, 0.29) is 0 Å². The first-order chi connectivity index (χ1) is 8.70. The predicted molar refractivity (Wildman–Crippen MR) is 76.8 cm³/mol. The molecule has 18 heavy (non-hydrogen) atoms. The monoisotopic (exact) mass is 261 g/mol. The molecule has 1 aromatic carbocycles. The molecule has 0 bridgehead atoms. The molecular weight excluding hydrogens is 246 g/mol. The second-order valence-electron chi connectivity index (χ2n) is 4.05. The van der Waals surface area contributed by atoms with Gasteiger partial charge in [-0.1, -0.05) is 24.6 Å². The van der Waals surface area contributed by atoms with Crippen LogP contribution in [-0.2, 0) is 13.0 Å². The molecule has 2 aromatic rings. The van der Waals surface area contributed by atoms with Crippen molar-refractivity contribution in [3.8, 4) is 0 Å². The zero-order valence-corrected chi connectivity index (χ0v) is 11.0. The molecule has 3 N–H and O–H groups in total. The lowest BCUT2D eigenvalue weighted by molar-refractivity contribution is 0.972. The molecule has 0 unspecified atom stereocenters. The molecule has 0 atom stereocenters. The van der Waals surface area contributed by atoms with Crippen LogP contribution in [0.3, 0.4) is 0 Å². The molecule has 94 valence electrons. The van der Waals surface area contributed by atoms with Crippen LogP contribution in [0.5, 0.6) is 0 Å². The van der Waals surface area contributed by atoms with Gasteiger partial charge in [0.1, 0.15) is 0 Å². The highest BCUT2D eigenvalue weighted by molar-refractivity contribution is 6.31. The van der Waals surface area contributed by atoms with Gasteiger partial charge in [0, 0.05) is 11.2 Å². The maximum absolute atomic E-state index is 5.95. The third-order valence-electron chi connectivity index (χ3n) is 2.83. The molecule has 0 saturated carbocycles. The van der Waals surface area contributed by atoms with Crippen LogP contribution in [-0.4, -0.2) is 4.98 Å². The van der Waals surface area contributed by atoms with Gasteiger partial charge in [0.05, 0.1) is 23.6 Å². The minimum atomic E-state index is 0.647. The smallest absolute Gasteiger partial charge is 0.0626 e. The summed E-state index contributed by atoms with van der Waals surface area (Å²) in [5.74, 6) is 0. The van der Waals surface area contributed by atoms with Gasteiger partial charge in [-0.15, -0.1) is 0 Å². The van der Waals surface area contributed by atoms with E-state index in [9.17, 15) is 0 Å². The lowest BCUT2D eigenvalue weighted by Gasteiger charge is -2.11. The highest BCUT2D eigenvalue weighted by Crippen LogP contribution is 2.23. The molecule has 2 rings (SSSR count). The Morgan fingerprint density at radius 2 is 2.17 bits per heavy atom. The van der Waals surface area contributed by atoms with E-state index in [2.05, 4.69) is 23.3 Å². The Labute approximate surface area is 112 Å². The summed E-state index contributed by atoms with van der Waals surface area (Å²) in [4.78, 5) is 4.38. The normalized spacial score (nSPS) is 10.3. The zero-order chi connectivity index (χ0) is 13.0. The number of hydrogen-bond acceptors (Lipinski definition) is 3. The second-order valence-corrected chi connectivity index (χ2v) is 4.48. The first-order valence-corrected chi connectivity index (χ1v) is 6.30. The summed E-state index contributed by atoms with van der Waals surface area (Å²) in [5.41, 5.74) is 9.70. The first-order valence-electron chi connectivity index (χ1n) is 5.92. The standard InChI is InChI=1S/C14H16ClN3/c1-2-10-4-3-7-17-14(10)9-18-13-8-11(15)5-6-12(13)16/h3-8,18H,2,9,16H2,1H3. The number of nitrogen functional groups attached to an aromatic ring is 1. The maximum Gasteiger partial charge on any atom is 0.0626 e. The van der Waals surface area contributed by atoms with Crippen molar-refractivity contribution in [2.24, 2.45) is 0 Å². The Morgan fingerprint density at radius 1 is 1.33 bits per heavy atom. The van der Waals surface area contributed by atoms with Crippen molar-refractivity contribution < 1.29 is 0 Å². The number of anilines is 2. The molecule has 1 heterocycles. The van der Waals surface area contributed by atoms with Crippen molar-refractivity contribution in [1.29, 1.82) is 0 Å². The van der Waals surface area contributed by atoms with Crippen molar-refractivity contribution in [1.82, 2.24) is 4.98 Å². The summed E-state index contributed by atoms with van der Waals surface area (Å²) in [6.07, 6.45) is 2.77. The number of rotatable bonds is 4. The van der Waals surface area contributed by atoms with Gasteiger partial charge in [0.15, 0.2) is 0 Å². The molecule has 0 radical (unpaired) electrons. The fourth-order valence-electron chi connectivity index (χ4n) is 1.81. The van der Waals surface area contributed by atoms with E-state index in [1.807, 2.05) is 12.1 Å². The molecule has 0 saturated heterocycles. The number of nitrogens with one attached hydrogen (secondary N) is 1. The van der Waals surface area contributed by atoms with E-state index in [0.29, 0.717) is 17.3 Å². The number of benzene rings is 1. The van der Waals surface area contributed by atoms with Gasteiger partial charge in [0.2, 0.25) is 0 Å². The fourth-order valence-corrected chi connectivity index (χ4v) is 1.99. The third kappa shape index (κ3) is 2.93. The van der Waals surface area contributed by atoms with Gasteiger partial charge in [-0.25, -0.2) is 0 Å². The summed E-state index contributed by atoms with van der Waals surface area (Å²) in [7, 11) is 0. The van der Waals surface area contributed by atoms with Crippen LogP contribution in [0.25, 0.3) is 0 Å². The van der Waals surface area contributed by atoms with Crippen molar-refractivity contribution in [3.63, 3.8) is 0 Å². The van der Waals surface area contributed by atoms with Gasteiger partial charge in [-0.2, -0.15) is 0 Å². The van der Waals surface area contributed by atoms with Crippen molar-refractivity contribution in [2.45, 2.75) is 19.9 Å². The summed E-state index contributed by atoms with van der Waals surface area (Å²) in [6, 6.07) is 9.44. The number of pyridine rings is 1. The lowest BCUT2D eigenvalue weighted by atomic mass is 10.1. The number of aromatic nitrogens is 1. The Kier molecular flexibility index (Phi) is 4.05. The summed E-state index contributed by atoms with van der Waals surface area (Å²) < 4.78 is 0. The van der Waals surface area contributed by atoms with E-state index in [1.54, 1.807) is 18.3 Å². The van der Waals surface area contributed by atoms with Crippen molar-refractivity contribution in [3.05, 3.63) is 52.8 Å². The van der Waals surface area contributed by atoms with E-state index in [0.717, 1.165) is 17.8 Å². The highest BCUT2D eigenvalue weighted by atomic mass is 35.5. The SMILES string of the molecule is CCc1cccnc1CNc1cc(Cl)ccc1N. The minimum Gasteiger partial charge on any atom is -0.397 e. The largest absolute Gasteiger partial charge is 0.397 e. The number of nitrogens with zero attached hydrogens (tertiary/aromatic N) is 1. The Bertz CT molecular complexity index is 540. The van der Waals surface area contributed by atoms with Gasteiger partial charge < -0.3 is 11.1 Å². The summed E-state index contributed by atoms with van der Waals surface area (Å²) >= 11 is 5.95. The number of aryl methyl sites for hydroxylation is 1. The van der Waals surface area contributed by atoms with E-state index < -0.39 is 0 Å². The fraction of sp³-hybridized carbons (Fsp3) is 0.214. The van der Waals surface area contributed by atoms with Gasteiger partial charge in [0.25, 0.3) is 0 Å². The van der Waals surface area contributed by atoms with Crippen LogP contribution in [0.2, 0.25) is 5.02 Å². The molecule has 0 fully saturated rings. The van der Waals surface area contributed by atoms with E-state index >= 15 is 0 Å². The average molecular weight is 262 g/mol. The minimum absolute atomic E-state index is 0.647. The van der Waals surface area contributed by atoms with Crippen LogP contribution in [0.4, 0.5) is 11.4 Å². The van der Waals surface area contributed by atoms with Crippen LogP contribution in [0.15, 0.2) is 36.5 Å². The number of halogens is 1.